The maximum atomic E-state index is 13.9. The summed E-state index contributed by atoms with van der Waals surface area (Å²) in [4.78, 5) is 23.9. The van der Waals surface area contributed by atoms with Gasteiger partial charge in [-0.15, -0.1) is 10.2 Å². The van der Waals surface area contributed by atoms with Gasteiger partial charge in [-0.25, -0.2) is 13.6 Å². The SMILES string of the molecule is O=C(N1CC2(CC(Cc3ncc(F)cc3F)C2)C1)N1CC2(CC(c3nnc(C4(O)CC4)[nH]3)C2)C1. The summed E-state index contributed by atoms with van der Waals surface area (Å²) in [5, 5.41) is 18.5. The van der Waals surface area contributed by atoms with Gasteiger partial charge in [0.2, 0.25) is 0 Å². The summed E-state index contributed by atoms with van der Waals surface area (Å²) in [6, 6.07) is 1.03. The molecule has 2 N–H and O–H groups in total. The highest BCUT2D eigenvalue weighted by Crippen LogP contribution is 2.57. The summed E-state index contributed by atoms with van der Waals surface area (Å²) >= 11 is 0. The van der Waals surface area contributed by atoms with E-state index in [0.717, 1.165) is 82.8 Å². The van der Waals surface area contributed by atoms with Crippen LogP contribution in [0.1, 0.15) is 61.8 Å². The van der Waals surface area contributed by atoms with Crippen LogP contribution in [0.15, 0.2) is 12.3 Å². The smallest absolute Gasteiger partial charge is 0.320 e. The lowest BCUT2D eigenvalue weighted by Crippen LogP contribution is -2.71. The van der Waals surface area contributed by atoms with E-state index < -0.39 is 17.2 Å². The maximum Gasteiger partial charge on any atom is 0.320 e. The molecule has 2 saturated heterocycles. The first kappa shape index (κ1) is 20.7. The van der Waals surface area contributed by atoms with Gasteiger partial charge in [0, 0.05) is 49.0 Å². The average molecular weight is 471 g/mol. The molecule has 10 heteroatoms. The third kappa shape index (κ3) is 3.17. The zero-order chi connectivity index (χ0) is 23.3. The Balaban J connectivity index is 0.857. The van der Waals surface area contributed by atoms with Crippen LogP contribution >= 0.6 is 0 Å². The lowest BCUT2D eigenvalue weighted by molar-refractivity contribution is -0.101. The summed E-state index contributed by atoms with van der Waals surface area (Å²) in [6.45, 7) is 3.15. The molecule has 2 spiro atoms. The van der Waals surface area contributed by atoms with Crippen LogP contribution in [0, 0.1) is 28.4 Å². The normalized spacial score (nSPS) is 26.1. The minimum atomic E-state index is -0.782. The molecule has 34 heavy (non-hydrogen) atoms. The van der Waals surface area contributed by atoms with E-state index in [-0.39, 0.29) is 16.9 Å². The number of likely N-dealkylation sites (tertiary alicyclic amines) is 2. The number of H-pyrrole nitrogens is 1. The number of aromatic amines is 1. The number of nitrogens with one attached hydrogen (secondary N) is 1. The minimum Gasteiger partial charge on any atom is -0.382 e. The van der Waals surface area contributed by atoms with Gasteiger partial charge in [-0.1, -0.05) is 0 Å². The predicted octanol–water partition coefficient (Wildman–Crippen LogP) is 2.71. The number of urea groups is 1. The van der Waals surface area contributed by atoms with E-state index in [2.05, 4.69) is 20.2 Å². The van der Waals surface area contributed by atoms with Gasteiger partial charge in [0.05, 0.1) is 11.9 Å². The standard InChI is InChI=1S/C24H28F2N6O2/c25-16-4-17(26)18(27-9-16)3-14-5-22(6-14)10-31(11-22)21(33)32-12-23(13-32)7-15(8-23)19-28-20(30-29-19)24(34)1-2-24/h4,9,14-15,34H,1-3,5-8,10-13H2,(H,28,29,30). The van der Waals surface area contributed by atoms with Gasteiger partial charge in [-0.05, 0) is 50.9 Å². The van der Waals surface area contributed by atoms with Crippen molar-refractivity contribution in [3.05, 3.63) is 41.2 Å². The second-order valence-electron chi connectivity index (χ2n) is 11.8. The van der Waals surface area contributed by atoms with Crippen molar-refractivity contribution >= 4 is 6.03 Å². The Morgan fingerprint density at radius 1 is 1.06 bits per heavy atom. The monoisotopic (exact) mass is 470 g/mol. The molecule has 0 bridgehead atoms. The van der Waals surface area contributed by atoms with Gasteiger partial charge in [-0.3, -0.25) is 4.98 Å². The molecule has 0 unspecified atom stereocenters. The van der Waals surface area contributed by atoms with Gasteiger partial charge >= 0.3 is 6.03 Å². The summed E-state index contributed by atoms with van der Waals surface area (Å²) in [7, 11) is 0. The van der Waals surface area contributed by atoms with Gasteiger partial charge < -0.3 is 19.9 Å². The van der Waals surface area contributed by atoms with Crippen LogP contribution in [0.4, 0.5) is 13.6 Å². The number of halogens is 2. The number of pyridine rings is 1. The van der Waals surface area contributed by atoms with Gasteiger partial charge in [-0.2, -0.15) is 0 Å². The average Bonchev–Trinajstić information content (AvgIpc) is 3.23. The van der Waals surface area contributed by atoms with Crippen molar-refractivity contribution in [1.82, 2.24) is 30.0 Å². The highest BCUT2D eigenvalue weighted by Gasteiger charge is 2.59. The molecular formula is C24H28F2N6O2. The molecule has 0 atom stereocenters. The number of hydrogen-bond acceptors (Lipinski definition) is 5. The van der Waals surface area contributed by atoms with Crippen molar-refractivity contribution in [2.45, 2.75) is 56.5 Å². The molecular weight excluding hydrogens is 442 g/mol. The van der Waals surface area contributed by atoms with Crippen LogP contribution in [-0.4, -0.2) is 67.3 Å². The molecule has 2 aliphatic heterocycles. The van der Waals surface area contributed by atoms with Gasteiger partial charge in [0.1, 0.15) is 23.1 Å². The second kappa shape index (κ2) is 6.74. The number of amides is 2. The molecule has 0 radical (unpaired) electrons. The number of aromatic nitrogens is 4. The van der Waals surface area contributed by atoms with Crippen molar-refractivity contribution < 1.29 is 18.7 Å². The van der Waals surface area contributed by atoms with Crippen molar-refractivity contribution in [3.63, 3.8) is 0 Å². The molecule has 2 amide bonds. The third-order valence-corrected chi connectivity index (χ3v) is 8.87. The van der Waals surface area contributed by atoms with Crippen LogP contribution < -0.4 is 0 Å². The fourth-order valence-electron chi connectivity index (χ4n) is 6.89. The molecule has 3 aliphatic carbocycles. The molecule has 4 heterocycles. The van der Waals surface area contributed by atoms with Crippen molar-refractivity contribution in [2.24, 2.45) is 16.7 Å². The second-order valence-corrected chi connectivity index (χ2v) is 11.8. The molecule has 5 fully saturated rings. The Morgan fingerprint density at radius 2 is 1.71 bits per heavy atom. The van der Waals surface area contributed by atoms with Crippen molar-refractivity contribution in [3.8, 4) is 0 Å². The van der Waals surface area contributed by atoms with Crippen LogP contribution in [0.3, 0.4) is 0 Å². The van der Waals surface area contributed by atoms with Crippen LogP contribution in [0.25, 0.3) is 0 Å². The molecule has 2 aromatic heterocycles. The van der Waals surface area contributed by atoms with E-state index in [1.807, 2.05) is 9.80 Å². The van der Waals surface area contributed by atoms with E-state index in [9.17, 15) is 18.7 Å². The maximum absolute atomic E-state index is 13.9. The zero-order valence-electron chi connectivity index (χ0n) is 18.9. The number of nitrogens with zero attached hydrogens (tertiary/aromatic N) is 5. The summed E-state index contributed by atoms with van der Waals surface area (Å²) in [5.74, 6) is 0.926. The Bertz CT molecular complexity index is 1150. The summed E-state index contributed by atoms with van der Waals surface area (Å²) < 4.78 is 26.9. The molecule has 0 aromatic carbocycles. The first-order valence-corrected chi connectivity index (χ1v) is 12.2. The van der Waals surface area contributed by atoms with Gasteiger partial charge in [0.15, 0.2) is 5.82 Å². The lowest BCUT2D eigenvalue weighted by Gasteiger charge is -2.63. The predicted molar refractivity (Wildman–Crippen MR) is 115 cm³/mol. The number of carbonyl (C=O) groups excluding carboxylic acids is 1. The van der Waals surface area contributed by atoms with Crippen LogP contribution in [0.2, 0.25) is 0 Å². The lowest BCUT2D eigenvalue weighted by atomic mass is 9.56. The van der Waals surface area contributed by atoms with Crippen molar-refractivity contribution in [1.29, 1.82) is 0 Å². The fraction of sp³-hybridized carbons (Fsp3) is 0.667. The quantitative estimate of drug-likeness (QED) is 0.716. The van der Waals surface area contributed by atoms with E-state index in [4.69, 9.17) is 0 Å². The number of carbonyl (C=O) groups is 1. The van der Waals surface area contributed by atoms with E-state index >= 15 is 0 Å². The number of rotatable bonds is 4. The Morgan fingerprint density at radius 3 is 2.32 bits per heavy atom. The van der Waals surface area contributed by atoms with Crippen molar-refractivity contribution in [2.75, 3.05) is 26.2 Å². The third-order valence-electron chi connectivity index (χ3n) is 8.87. The molecule has 7 rings (SSSR count). The Labute approximate surface area is 195 Å². The van der Waals surface area contributed by atoms with Crippen LogP contribution in [-0.2, 0) is 12.0 Å². The van der Waals surface area contributed by atoms with Crippen LogP contribution in [0.5, 0.6) is 0 Å². The van der Waals surface area contributed by atoms with E-state index in [0.29, 0.717) is 29.8 Å². The Hall–Kier alpha value is -2.62. The molecule has 180 valence electrons. The van der Waals surface area contributed by atoms with Gasteiger partial charge in [0.25, 0.3) is 0 Å². The largest absolute Gasteiger partial charge is 0.382 e. The molecule has 5 aliphatic rings. The number of aliphatic hydroxyl groups is 1. The Kier molecular flexibility index (Phi) is 4.11. The summed E-state index contributed by atoms with van der Waals surface area (Å²) in [6.07, 6.45) is 7.04. The fourth-order valence-corrected chi connectivity index (χ4v) is 6.89. The molecule has 8 nitrogen and oxygen atoms in total. The highest BCUT2D eigenvalue weighted by atomic mass is 19.1. The van der Waals surface area contributed by atoms with E-state index in [1.165, 1.54) is 0 Å². The minimum absolute atomic E-state index is 0.132. The zero-order valence-corrected chi connectivity index (χ0v) is 18.9. The first-order valence-electron chi connectivity index (χ1n) is 12.2. The highest BCUT2D eigenvalue weighted by molar-refractivity contribution is 5.77. The molecule has 2 aromatic rings. The summed E-state index contributed by atoms with van der Waals surface area (Å²) in [5.41, 5.74) is -0.0604. The first-order chi connectivity index (χ1) is 16.2. The van der Waals surface area contributed by atoms with E-state index in [1.54, 1.807) is 0 Å². The molecule has 3 saturated carbocycles. The number of hydrogen-bond donors (Lipinski definition) is 2. The topological polar surface area (TPSA) is 98.2 Å².